The lowest BCUT2D eigenvalue weighted by Gasteiger charge is -2.24. The number of hydrogen-bond acceptors (Lipinski definition) is 5. The van der Waals surface area contributed by atoms with Gasteiger partial charge in [0.1, 0.15) is 11.5 Å². The van der Waals surface area contributed by atoms with Gasteiger partial charge in [0.2, 0.25) is 0 Å². The molecule has 3 aromatic rings. The van der Waals surface area contributed by atoms with Crippen molar-refractivity contribution in [2.24, 2.45) is 0 Å². The highest BCUT2D eigenvalue weighted by molar-refractivity contribution is 7.11. The number of benzene rings is 1. The number of carbonyl (C=O) groups excluding carboxylic acids is 2. The SMILES string of the molecule is CCN(CCc1ccncc1)C1=C(c2cccs2)C(=O)N(CCc2ccc(F)cc2)C1=O. The maximum atomic E-state index is 13.4. The van der Waals surface area contributed by atoms with E-state index < -0.39 is 0 Å². The minimum Gasteiger partial charge on any atom is -0.366 e. The normalized spacial score (nSPS) is 13.9. The van der Waals surface area contributed by atoms with Crippen LogP contribution in [0, 0.1) is 5.82 Å². The van der Waals surface area contributed by atoms with Crippen LogP contribution in [0.1, 0.15) is 22.9 Å². The van der Waals surface area contributed by atoms with Gasteiger partial charge >= 0.3 is 0 Å². The molecule has 2 amide bonds. The Morgan fingerprint density at radius 1 is 0.969 bits per heavy atom. The van der Waals surface area contributed by atoms with Crippen LogP contribution < -0.4 is 0 Å². The zero-order valence-corrected chi connectivity index (χ0v) is 18.6. The van der Waals surface area contributed by atoms with Gasteiger partial charge < -0.3 is 4.90 Å². The number of pyridine rings is 1. The van der Waals surface area contributed by atoms with E-state index in [0.717, 1.165) is 22.4 Å². The van der Waals surface area contributed by atoms with E-state index in [-0.39, 0.29) is 24.2 Å². The summed E-state index contributed by atoms with van der Waals surface area (Å²) in [6.07, 6.45) is 4.73. The van der Waals surface area contributed by atoms with E-state index in [1.807, 2.05) is 41.5 Å². The van der Waals surface area contributed by atoms with Gasteiger partial charge in [-0.15, -0.1) is 11.3 Å². The van der Waals surface area contributed by atoms with Crippen LogP contribution in [0.2, 0.25) is 0 Å². The average Bonchev–Trinajstić information content (AvgIpc) is 3.42. The standard InChI is InChI=1S/C25H24FN3O2S/c1-2-28(15-11-19-9-13-27-14-10-19)23-22(21-4-3-17-32-21)24(30)29(25(23)31)16-12-18-5-7-20(26)8-6-18/h3-10,13-14,17H,2,11-12,15-16H2,1H3. The molecule has 0 fully saturated rings. The van der Waals surface area contributed by atoms with Gasteiger partial charge in [0.25, 0.3) is 11.8 Å². The third-order valence-corrected chi connectivity index (χ3v) is 6.45. The Morgan fingerprint density at radius 3 is 2.34 bits per heavy atom. The van der Waals surface area contributed by atoms with Gasteiger partial charge in [-0.25, -0.2) is 4.39 Å². The molecule has 1 aliphatic heterocycles. The molecule has 0 N–H and O–H groups in total. The molecule has 0 radical (unpaired) electrons. The Morgan fingerprint density at radius 2 is 1.69 bits per heavy atom. The average molecular weight is 450 g/mol. The second kappa shape index (κ2) is 9.87. The molecule has 0 unspecified atom stereocenters. The number of thiophene rings is 1. The number of carbonyl (C=O) groups is 2. The van der Waals surface area contributed by atoms with E-state index in [2.05, 4.69) is 4.98 Å². The summed E-state index contributed by atoms with van der Waals surface area (Å²) in [6, 6.07) is 13.8. The molecule has 4 rings (SSSR count). The molecule has 3 heterocycles. The third kappa shape index (κ3) is 4.62. The number of imide groups is 1. The van der Waals surface area contributed by atoms with Crippen molar-refractivity contribution < 1.29 is 14.0 Å². The van der Waals surface area contributed by atoms with E-state index >= 15 is 0 Å². The second-order valence-electron chi connectivity index (χ2n) is 7.52. The van der Waals surface area contributed by atoms with Crippen molar-refractivity contribution in [3.8, 4) is 0 Å². The zero-order chi connectivity index (χ0) is 22.5. The van der Waals surface area contributed by atoms with E-state index in [4.69, 9.17) is 0 Å². The quantitative estimate of drug-likeness (QED) is 0.460. The number of likely N-dealkylation sites (N-methyl/N-ethyl adjacent to an activating group) is 1. The van der Waals surface area contributed by atoms with Crippen molar-refractivity contribution in [3.63, 3.8) is 0 Å². The van der Waals surface area contributed by atoms with Gasteiger partial charge in [-0.1, -0.05) is 18.2 Å². The molecule has 5 nitrogen and oxygen atoms in total. The summed E-state index contributed by atoms with van der Waals surface area (Å²) in [6.45, 7) is 3.48. The van der Waals surface area contributed by atoms with Crippen molar-refractivity contribution in [3.05, 3.63) is 93.8 Å². The third-order valence-electron chi connectivity index (χ3n) is 5.57. The molecular weight excluding hydrogens is 425 g/mol. The molecule has 0 saturated carbocycles. The Kier molecular flexibility index (Phi) is 6.75. The predicted octanol–water partition coefficient (Wildman–Crippen LogP) is 4.17. The summed E-state index contributed by atoms with van der Waals surface area (Å²) in [5.41, 5.74) is 2.94. The maximum absolute atomic E-state index is 13.4. The van der Waals surface area contributed by atoms with Crippen LogP contribution in [0.25, 0.3) is 5.57 Å². The molecule has 32 heavy (non-hydrogen) atoms. The second-order valence-corrected chi connectivity index (χ2v) is 8.47. The van der Waals surface area contributed by atoms with Crippen molar-refractivity contribution in [1.82, 2.24) is 14.8 Å². The number of rotatable bonds is 9. The number of hydrogen-bond donors (Lipinski definition) is 0. The van der Waals surface area contributed by atoms with Crippen molar-refractivity contribution in [2.75, 3.05) is 19.6 Å². The summed E-state index contributed by atoms with van der Waals surface area (Å²) < 4.78 is 13.2. The van der Waals surface area contributed by atoms with E-state index in [1.165, 1.54) is 28.4 Å². The largest absolute Gasteiger partial charge is 0.366 e. The van der Waals surface area contributed by atoms with Crippen LogP contribution in [-0.2, 0) is 22.4 Å². The Hall–Kier alpha value is -3.32. The van der Waals surface area contributed by atoms with E-state index in [1.54, 1.807) is 24.5 Å². The lowest BCUT2D eigenvalue weighted by atomic mass is 10.1. The van der Waals surface area contributed by atoms with Crippen LogP contribution in [0.4, 0.5) is 4.39 Å². The minimum absolute atomic E-state index is 0.254. The fourth-order valence-electron chi connectivity index (χ4n) is 3.84. The summed E-state index contributed by atoms with van der Waals surface area (Å²) in [5.74, 6) is -0.840. The van der Waals surface area contributed by atoms with E-state index in [0.29, 0.717) is 30.8 Å². The molecule has 0 atom stereocenters. The summed E-state index contributed by atoms with van der Waals surface area (Å²) in [4.78, 5) is 35.0. The van der Waals surface area contributed by atoms with Gasteiger partial charge in [-0.05, 0) is 66.6 Å². The molecule has 7 heteroatoms. The summed E-state index contributed by atoms with van der Waals surface area (Å²) in [7, 11) is 0. The fraction of sp³-hybridized carbons (Fsp3) is 0.240. The highest BCUT2D eigenvalue weighted by atomic mass is 32.1. The van der Waals surface area contributed by atoms with Crippen LogP contribution in [-0.4, -0.2) is 46.2 Å². The van der Waals surface area contributed by atoms with Crippen molar-refractivity contribution in [1.29, 1.82) is 0 Å². The number of nitrogens with zero attached hydrogens (tertiary/aromatic N) is 3. The summed E-state index contributed by atoms with van der Waals surface area (Å²) >= 11 is 1.46. The highest BCUT2D eigenvalue weighted by Gasteiger charge is 2.41. The first-order chi connectivity index (χ1) is 15.6. The van der Waals surface area contributed by atoms with Crippen LogP contribution >= 0.6 is 11.3 Å². The van der Waals surface area contributed by atoms with Gasteiger partial charge in [0.15, 0.2) is 0 Å². The van der Waals surface area contributed by atoms with Gasteiger partial charge in [-0.3, -0.25) is 19.5 Å². The maximum Gasteiger partial charge on any atom is 0.277 e. The highest BCUT2D eigenvalue weighted by Crippen LogP contribution is 2.34. The topological polar surface area (TPSA) is 53.5 Å². The molecule has 0 saturated heterocycles. The molecule has 1 aromatic carbocycles. The fourth-order valence-corrected chi connectivity index (χ4v) is 4.60. The van der Waals surface area contributed by atoms with Gasteiger partial charge in [0, 0.05) is 36.9 Å². The van der Waals surface area contributed by atoms with Crippen LogP contribution in [0.3, 0.4) is 0 Å². The lowest BCUT2D eigenvalue weighted by molar-refractivity contribution is -0.137. The first kappa shape index (κ1) is 21.9. The van der Waals surface area contributed by atoms with Crippen LogP contribution in [0.15, 0.2) is 72.0 Å². The van der Waals surface area contributed by atoms with E-state index in [9.17, 15) is 14.0 Å². The molecular formula is C25H24FN3O2S. The zero-order valence-electron chi connectivity index (χ0n) is 17.8. The number of aromatic nitrogens is 1. The first-order valence-electron chi connectivity index (χ1n) is 10.6. The molecule has 0 aliphatic carbocycles. The number of amides is 2. The smallest absolute Gasteiger partial charge is 0.277 e. The van der Waals surface area contributed by atoms with Crippen molar-refractivity contribution in [2.45, 2.75) is 19.8 Å². The van der Waals surface area contributed by atoms with Crippen LogP contribution in [0.5, 0.6) is 0 Å². The monoisotopic (exact) mass is 449 g/mol. The lowest BCUT2D eigenvalue weighted by Crippen LogP contribution is -2.37. The van der Waals surface area contributed by atoms with Gasteiger partial charge in [-0.2, -0.15) is 0 Å². The molecule has 0 bridgehead atoms. The summed E-state index contributed by atoms with van der Waals surface area (Å²) in [5, 5.41) is 1.91. The minimum atomic E-state index is -0.307. The number of halogens is 1. The molecule has 2 aromatic heterocycles. The Bertz CT molecular complexity index is 1110. The Labute approximate surface area is 190 Å². The van der Waals surface area contributed by atoms with Crippen molar-refractivity contribution >= 4 is 28.7 Å². The predicted molar refractivity (Wildman–Crippen MR) is 123 cm³/mol. The first-order valence-corrected chi connectivity index (χ1v) is 11.5. The molecule has 1 aliphatic rings. The molecule has 164 valence electrons. The molecule has 0 spiro atoms. The van der Waals surface area contributed by atoms with Gasteiger partial charge in [0.05, 0.1) is 5.57 Å². The Balaban J connectivity index is 1.58.